The molecule has 1 heterocycles. The first-order valence-electron chi connectivity index (χ1n) is 8.12. The summed E-state index contributed by atoms with van der Waals surface area (Å²) in [4.78, 5) is 16.4. The molecule has 0 aromatic heterocycles. The van der Waals surface area contributed by atoms with Crippen molar-refractivity contribution in [1.82, 2.24) is 9.80 Å². The van der Waals surface area contributed by atoms with E-state index in [2.05, 4.69) is 11.0 Å². The Morgan fingerprint density at radius 3 is 2.48 bits per heavy atom. The quantitative estimate of drug-likeness (QED) is 0.850. The van der Waals surface area contributed by atoms with Crippen LogP contribution in [0.3, 0.4) is 0 Å². The summed E-state index contributed by atoms with van der Waals surface area (Å²) in [6.07, 6.45) is 6.75. The molecule has 0 unspecified atom stereocenters. The second-order valence-corrected chi connectivity index (χ2v) is 6.56. The molecule has 0 radical (unpaired) electrons. The van der Waals surface area contributed by atoms with Crippen LogP contribution in [0.1, 0.15) is 44.9 Å². The van der Waals surface area contributed by atoms with Gasteiger partial charge < -0.3 is 10.0 Å². The fraction of sp³-hybridized carbons (Fsp3) is 0.875. The third-order valence-corrected chi connectivity index (χ3v) is 5.23. The normalized spacial score (nSPS) is 23.5. The van der Waals surface area contributed by atoms with Crippen LogP contribution in [0, 0.1) is 17.2 Å². The van der Waals surface area contributed by atoms with Crippen LogP contribution < -0.4 is 0 Å². The van der Waals surface area contributed by atoms with Crippen molar-refractivity contribution in [2.75, 3.05) is 33.3 Å². The maximum absolute atomic E-state index is 12.5. The molecule has 118 valence electrons. The lowest BCUT2D eigenvalue weighted by Crippen LogP contribution is -2.53. The molecule has 1 saturated carbocycles. The largest absolute Gasteiger partial charge is 0.396 e. The minimum absolute atomic E-state index is 0.0564. The maximum Gasteiger partial charge on any atom is 0.237 e. The SMILES string of the molecule is CN(C(=O)CN1CCC(CO)CC1)C1(C#N)CCCCC1. The number of hydrogen-bond acceptors (Lipinski definition) is 4. The number of piperidine rings is 1. The molecule has 0 bridgehead atoms. The second-order valence-electron chi connectivity index (χ2n) is 6.56. The average molecular weight is 293 g/mol. The Hall–Kier alpha value is -1.12. The summed E-state index contributed by atoms with van der Waals surface area (Å²) in [5.74, 6) is 0.443. The molecule has 2 fully saturated rings. The van der Waals surface area contributed by atoms with E-state index in [1.807, 2.05) is 0 Å². The number of likely N-dealkylation sites (N-methyl/N-ethyl adjacent to an activating group) is 1. The van der Waals surface area contributed by atoms with Crippen LogP contribution >= 0.6 is 0 Å². The Morgan fingerprint density at radius 1 is 1.33 bits per heavy atom. The molecule has 5 nitrogen and oxygen atoms in total. The van der Waals surface area contributed by atoms with Crippen LogP contribution in [0.15, 0.2) is 0 Å². The van der Waals surface area contributed by atoms with Crippen molar-refractivity contribution in [3.63, 3.8) is 0 Å². The van der Waals surface area contributed by atoms with Gasteiger partial charge in [0.15, 0.2) is 0 Å². The maximum atomic E-state index is 12.5. The van der Waals surface area contributed by atoms with Gasteiger partial charge >= 0.3 is 0 Å². The predicted molar refractivity (Wildman–Crippen MR) is 80.4 cm³/mol. The number of likely N-dealkylation sites (tertiary alicyclic amines) is 1. The first-order valence-corrected chi connectivity index (χ1v) is 8.12. The van der Waals surface area contributed by atoms with E-state index >= 15 is 0 Å². The van der Waals surface area contributed by atoms with Crippen LogP contribution in [0.5, 0.6) is 0 Å². The summed E-state index contributed by atoms with van der Waals surface area (Å²) in [7, 11) is 1.79. The molecule has 0 aromatic rings. The predicted octanol–water partition coefficient (Wildman–Crippen LogP) is 1.38. The molecule has 1 aliphatic carbocycles. The second kappa shape index (κ2) is 7.24. The van der Waals surface area contributed by atoms with Gasteiger partial charge in [-0.15, -0.1) is 0 Å². The number of aliphatic hydroxyl groups is 1. The Labute approximate surface area is 127 Å². The number of aliphatic hydroxyl groups excluding tert-OH is 1. The zero-order valence-corrected chi connectivity index (χ0v) is 13.1. The number of hydrogen-bond donors (Lipinski definition) is 1. The number of carbonyl (C=O) groups is 1. The van der Waals surface area contributed by atoms with Crippen LogP contribution in [-0.4, -0.2) is 59.6 Å². The summed E-state index contributed by atoms with van der Waals surface area (Å²) in [5, 5.41) is 18.7. The topological polar surface area (TPSA) is 67.6 Å². The van der Waals surface area contributed by atoms with Crippen LogP contribution in [0.4, 0.5) is 0 Å². The minimum Gasteiger partial charge on any atom is -0.396 e. The Morgan fingerprint density at radius 2 is 1.95 bits per heavy atom. The first kappa shape index (κ1) is 16.3. The number of rotatable bonds is 4. The molecule has 1 amide bonds. The van der Waals surface area contributed by atoms with E-state index in [4.69, 9.17) is 5.11 Å². The van der Waals surface area contributed by atoms with Crippen molar-refractivity contribution in [3.05, 3.63) is 0 Å². The van der Waals surface area contributed by atoms with Crippen molar-refractivity contribution in [3.8, 4) is 6.07 Å². The van der Waals surface area contributed by atoms with Crippen LogP contribution in [0.25, 0.3) is 0 Å². The number of carbonyl (C=O) groups excluding carboxylic acids is 1. The third-order valence-electron chi connectivity index (χ3n) is 5.23. The Kier molecular flexibility index (Phi) is 5.60. The van der Waals surface area contributed by atoms with Gasteiger partial charge in [-0.2, -0.15) is 5.26 Å². The standard InChI is InChI=1S/C16H27N3O2/c1-18(16(13-17)7-3-2-4-8-16)15(21)11-19-9-5-14(12-20)6-10-19/h14,20H,2-12H2,1H3. The van der Waals surface area contributed by atoms with Crippen molar-refractivity contribution in [2.24, 2.45) is 5.92 Å². The summed E-state index contributed by atoms with van der Waals surface area (Å²) in [5.41, 5.74) is -0.585. The molecule has 0 aromatic carbocycles. The van der Waals surface area contributed by atoms with Crippen LogP contribution in [-0.2, 0) is 4.79 Å². The van der Waals surface area contributed by atoms with Gasteiger partial charge in [-0.3, -0.25) is 9.69 Å². The first-order chi connectivity index (χ1) is 10.1. The highest BCUT2D eigenvalue weighted by Gasteiger charge is 2.39. The average Bonchev–Trinajstić information content (AvgIpc) is 2.55. The van der Waals surface area contributed by atoms with E-state index in [9.17, 15) is 10.1 Å². The highest BCUT2D eigenvalue weighted by atomic mass is 16.3. The van der Waals surface area contributed by atoms with E-state index in [0.29, 0.717) is 12.5 Å². The number of amides is 1. The molecule has 1 N–H and O–H groups in total. The molecule has 1 saturated heterocycles. The molecule has 0 spiro atoms. The van der Waals surface area contributed by atoms with Crippen molar-refractivity contribution in [2.45, 2.75) is 50.5 Å². The van der Waals surface area contributed by atoms with Crippen molar-refractivity contribution in [1.29, 1.82) is 5.26 Å². The third kappa shape index (κ3) is 3.75. The lowest BCUT2D eigenvalue weighted by Gasteiger charge is -2.40. The zero-order chi connectivity index (χ0) is 15.3. The monoisotopic (exact) mass is 293 g/mol. The van der Waals surface area contributed by atoms with E-state index < -0.39 is 5.54 Å². The van der Waals surface area contributed by atoms with Gasteiger partial charge in [0, 0.05) is 13.7 Å². The van der Waals surface area contributed by atoms with E-state index in [1.54, 1.807) is 11.9 Å². The van der Waals surface area contributed by atoms with E-state index in [0.717, 1.165) is 51.6 Å². The number of nitriles is 1. The molecule has 0 atom stereocenters. The van der Waals surface area contributed by atoms with Gasteiger partial charge in [0.2, 0.25) is 5.91 Å². The Balaban J connectivity index is 1.89. The summed E-state index contributed by atoms with van der Waals surface area (Å²) >= 11 is 0. The lowest BCUT2D eigenvalue weighted by atomic mass is 9.81. The molecule has 5 heteroatoms. The summed E-state index contributed by atoms with van der Waals surface area (Å²) in [6.45, 7) is 2.38. The molecule has 2 rings (SSSR count). The highest BCUT2D eigenvalue weighted by molar-refractivity contribution is 5.79. The molecule has 1 aliphatic heterocycles. The van der Waals surface area contributed by atoms with Crippen molar-refractivity contribution >= 4 is 5.91 Å². The highest BCUT2D eigenvalue weighted by Crippen LogP contribution is 2.32. The van der Waals surface area contributed by atoms with E-state index in [-0.39, 0.29) is 12.5 Å². The summed E-state index contributed by atoms with van der Waals surface area (Å²) < 4.78 is 0. The number of nitrogens with zero attached hydrogens (tertiary/aromatic N) is 3. The molecule has 2 aliphatic rings. The fourth-order valence-electron chi connectivity index (χ4n) is 3.52. The smallest absolute Gasteiger partial charge is 0.237 e. The van der Waals surface area contributed by atoms with Gasteiger partial charge in [0.25, 0.3) is 0 Å². The van der Waals surface area contributed by atoms with Gasteiger partial charge in [-0.1, -0.05) is 19.3 Å². The van der Waals surface area contributed by atoms with Gasteiger partial charge in [0.05, 0.1) is 12.6 Å². The molecular formula is C16H27N3O2. The van der Waals surface area contributed by atoms with Crippen LogP contribution in [0.2, 0.25) is 0 Å². The zero-order valence-electron chi connectivity index (χ0n) is 13.1. The minimum atomic E-state index is -0.585. The fourth-order valence-corrected chi connectivity index (χ4v) is 3.52. The van der Waals surface area contributed by atoms with E-state index in [1.165, 1.54) is 6.42 Å². The lowest BCUT2D eigenvalue weighted by molar-refractivity contribution is -0.136. The van der Waals surface area contributed by atoms with Gasteiger partial charge in [0.1, 0.15) is 5.54 Å². The molecule has 21 heavy (non-hydrogen) atoms. The Bertz CT molecular complexity index is 391. The van der Waals surface area contributed by atoms with Crippen molar-refractivity contribution < 1.29 is 9.90 Å². The van der Waals surface area contributed by atoms with Gasteiger partial charge in [-0.05, 0) is 44.7 Å². The van der Waals surface area contributed by atoms with Gasteiger partial charge in [-0.25, -0.2) is 0 Å². The molecular weight excluding hydrogens is 266 g/mol. The summed E-state index contributed by atoms with van der Waals surface area (Å²) in [6, 6.07) is 2.41.